The van der Waals surface area contributed by atoms with Crippen molar-refractivity contribution in [3.63, 3.8) is 0 Å². The number of rotatable bonds is 8. The molecule has 5 nitrogen and oxygen atoms in total. The van der Waals surface area contributed by atoms with E-state index in [1.807, 2.05) is 81.1 Å². The van der Waals surface area contributed by atoms with Crippen LogP contribution in [0.5, 0.6) is 0 Å². The lowest BCUT2D eigenvalue weighted by Gasteiger charge is -2.29. The van der Waals surface area contributed by atoms with Crippen molar-refractivity contribution in [1.29, 1.82) is 0 Å². The third-order valence-corrected chi connectivity index (χ3v) is 4.46. The van der Waals surface area contributed by atoms with Crippen molar-refractivity contribution in [3.05, 3.63) is 65.2 Å². The SMILES string of the molecule is Cc1ccc(C)c(N(C(=O)CCCNC(=O)OCc2ccccc2)C(C)C)c1. The van der Waals surface area contributed by atoms with E-state index in [9.17, 15) is 9.59 Å². The fraction of sp³-hybridized carbons (Fsp3) is 0.391. The zero-order valence-electron chi connectivity index (χ0n) is 17.2. The monoisotopic (exact) mass is 382 g/mol. The van der Waals surface area contributed by atoms with E-state index < -0.39 is 6.09 Å². The number of carbonyl (C=O) groups is 2. The normalized spacial score (nSPS) is 10.6. The van der Waals surface area contributed by atoms with Gasteiger partial charge in [-0.15, -0.1) is 0 Å². The summed E-state index contributed by atoms with van der Waals surface area (Å²) in [7, 11) is 0. The maximum atomic E-state index is 12.8. The Morgan fingerprint density at radius 3 is 2.46 bits per heavy atom. The van der Waals surface area contributed by atoms with Crippen molar-refractivity contribution < 1.29 is 14.3 Å². The van der Waals surface area contributed by atoms with Gasteiger partial charge < -0.3 is 15.0 Å². The average molecular weight is 383 g/mol. The first-order chi connectivity index (χ1) is 13.4. The topological polar surface area (TPSA) is 58.6 Å². The molecule has 2 amide bonds. The van der Waals surface area contributed by atoms with Gasteiger partial charge in [-0.05, 0) is 56.9 Å². The summed E-state index contributed by atoms with van der Waals surface area (Å²) in [5.41, 5.74) is 4.10. The van der Waals surface area contributed by atoms with Crippen LogP contribution in [-0.2, 0) is 16.1 Å². The lowest BCUT2D eigenvalue weighted by atomic mass is 10.1. The molecule has 0 saturated heterocycles. The molecule has 150 valence electrons. The van der Waals surface area contributed by atoms with Crippen LogP contribution in [0.25, 0.3) is 0 Å². The smallest absolute Gasteiger partial charge is 0.407 e. The molecule has 0 atom stereocenters. The third-order valence-electron chi connectivity index (χ3n) is 4.46. The Hall–Kier alpha value is -2.82. The quantitative estimate of drug-likeness (QED) is 0.670. The predicted molar refractivity (Wildman–Crippen MR) is 112 cm³/mol. The Kier molecular flexibility index (Phi) is 8.05. The van der Waals surface area contributed by atoms with Gasteiger partial charge in [0.2, 0.25) is 5.91 Å². The summed E-state index contributed by atoms with van der Waals surface area (Å²) in [5.74, 6) is 0.0585. The number of carbonyl (C=O) groups excluding carboxylic acids is 2. The molecule has 1 N–H and O–H groups in total. The largest absolute Gasteiger partial charge is 0.445 e. The van der Waals surface area contributed by atoms with Crippen molar-refractivity contribution in [2.45, 2.75) is 53.2 Å². The van der Waals surface area contributed by atoms with Gasteiger partial charge in [-0.3, -0.25) is 4.79 Å². The van der Waals surface area contributed by atoms with Crippen molar-refractivity contribution in [2.24, 2.45) is 0 Å². The van der Waals surface area contributed by atoms with E-state index in [0.717, 1.165) is 22.4 Å². The van der Waals surface area contributed by atoms with Crippen LogP contribution in [0, 0.1) is 13.8 Å². The van der Waals surface area contributed by atoms with Crippen molar-refractivity contribution in [3.8, 4) is 0 Å². The fourth-order valence-electron chi connectivity index (χ4n) is 3.00. The van der Waals surface area contributed by atoms with E-state index in [-0.39, 0.29) is 18.6 Å². The van der Waals surface area contributed by atoms with Crippen LogP contribution in [0.1, 0.15) is 43.4 Å². The number of anilines is 1. The van der Waals surface area contributed by atoms with Gasteiger partial charge in [0, 0.05) is 24.7 Å². The molecule has 0 radical (unpaired) electrons. The summed E-state index contributed by atoms with van der Waals surface area (Å²) >= 11 is 0. The number of benzene rings is 2. The molecule has 0 unspecified atom stereocenters. The first-order valence-corrected chi connectivity index (χ1v) is 9.72. The summed E-state index contributed by atoms with van der Waals surface area (Å²) in [6.45, 7) is 8.70. The summed E-state index contributed by atoms with van der Waals surface area (Å²) in [6, 6.07) is 15.7. The minimum Gasteiger partial charge on any atom is -0.445 e. The molecule has 0 saturated carbocycles. The number of amides is 2. The lowest BCUT2D eigenvalue weighted by molar-refractivity contribution is -0.119. The molecule has 0 heterocycles. The molecular weight excluding hydrogens is 352 g/mol. The number of alkyl carbamates (subject to hydrolysis) is 1. The summed E-state index contributed by atoms with van der Waals surface area (Å²) in [5, 5.41) is 2.70. The van der Waals surface area contributed by atoms with Crippen LogP contribution in [0.2, 0.25) is 0 Å². The number of hydrogen-bond donors (Lipinski definition) is 1. The maximum absolute atomic E-state index is 12.8. The highest BCUT2D eigenvalue weighted by atomic mass is 16.5. The highest BCUT2D eigenvalue weighted by molar-refractivity contribution is 5.94. The number of aryl methyl sites for hydroxylation is 2. The minimum atomic E-state index is -0.466. The molecule has 0 aliphatic carbocycles. The van der Waals surface area contributed by atoms with Crippen LogP contribution in [0.3, 0.4) is 0 Å². The average Bonchev–Trinajstić information content (AvgIpc) is 2.67. The third kappa shape index (κ3) is 6.41. The molecule has 2 aromatic carbocycles. The van der Waals surface area contributed by atoms with Crippen LogP contribution in [0.15, 0.2) is 48.5 Å². The Morgan fingerprint density at radius 2 is 1.79 bits per heavy atom. The van der Waals surface area contributed by atoms with Gasteiger partial charge in [0.05, 0.1) is 0 Å². The zero-order chi connectivity index (χ0) is 20.5. The second-order valence-corrected chi connectivity index (χ2v) is 7.24. The highest BCUT2D eigenvalue weighted by Crippen LogP contribution is 2.24. The van der Waals surface area contributed by atoms with Gasteiger partial charge >= 0.3 is 6.09 Å². The summed E-state index contributed by atoms with van der Waals surface area (Å²) in [6.07, 6.45) is 0.462. The van der Waals surface area contributed by atoms with Gasteiger partial charge in [-0.1, -0.05) is 42.5 Å². The Balaban J connectivity index is 1.80. The molecule has 0 aromatic heterocycles. The molecule has 2 rings (SSSR count). The van der Waals surface area contributed by atoms with E-state index >= 15 is 0 Å². The summed E-state index contributed by atoms with van der Waals surface area (Å²) < 4.78 is 5.17. The van der Waals surface area contributed by atoms with Gasteiger partial charge in [0.1, 0.15) is 6.61 Å². The molecule has 0 aliphatic rings. The summed E-state index contributed by atoms with van der Waals surface area (Å²) in [4.78, 5) is 26.4. The molecule has 0 aliphatic heterocycles. The number of nitrogens with one attached hydrogen (secondary N) is 1. The van der Waals surface area contributed by atoms with Crippen LogP contribution in [-0.4, -0.2) is 24.6 Å². The first kappa shape index (κ1) is 21.5. The van der Waals surface area contributed by atoms with Gasteiger partial charge in [-0.2, -0.15) is 0 Å². The Bertz CT molecular complexity index is 788. The first-order valence-electron chi connectivity index (χ1n) is 9.72. The Morgan fingerprint density at radius 1 is 1.07 bits per heavy atom. The lowest BCUT2D eigenvalue weighted by Crippen LogP contribution is -2.38. The van der Waals surface area contributed by atoms with Crippen molar-refractivity contribution in [1.82, 2.24) is 5.32 Å². The zero-order valence-corrected chi connectivity index (χ0v) is 17.2. The van der Waals surface area contributed by atoms with E-state index in [4.69, 9.17) is 4.74 Å². The molecular formula is C23H30N2O3. The van der Waals surface area contributed by atoms with Gasteiger partial charge in [0.15, 0.2) is 0 Å². The fourth-order valence-corrected chi connectivity index (χ4v) is 3.00. The van der Waals surface area contributed by atoms with Gasteiger partial charge in [-0.25, -0.2) is 4.79 Å². The molecule has 2 aromatic rings. The molecule has 0 bridgehead atoms. The van der Waals surface area contributed by atoms with Crippen molar-refractivity contribution in [2.75, 3.05) is 11.4 Å². The highest BCUT2D eigenvalue weighted by Gasteiger charge is 2.20. The van der Waals surface area contributed by atoms with E-state index in [0.29, 0.717) is 19.4 Å². The standard InChI is InChI=1S/C23H30N2O3/c1-17(2)25(21-15-18(3)12-13-19(21)4)22(26)11-8-14-24-23(27)28-16-20-9-6-5-7-10-20/h5-7,9-10,12-13,15,17H,8,11,14,16H2,1-4H3,(H,24,27). The van der Waals surface area contributed by atoms with E-state index in [2.05, 4.69) is 5.32 Å². The van der Waals surface area contributed by atoms with Gasteiger partial charge in [0.25, 0.3) is 0 Å². The van der Waals surface area contributed by atoms with E-state index in [1.165, 1.54) is 0 Å². The number of ether oxygens (including phenoxy) is 1. The number of nitrogens with zero attached hydrogens (tertiary/aromatic N) is 1. The maximum Gasteiger partial charge on any atom is 0.407 e. The second-order valence-electron chi connectivity index (χ2n) is 7.24. The Labute approximate surface area is 167 Å². The van der Waals surface area contributed by atoms with Crippen molar-refractivity contribution >= 4 is 17.7 Å². The number of hydrogen-bond acceptors (Lipinski definition) is 3. The molecule has 5 heteroatoms. The molecule has 0 spiro atoms. The molecule has 28 heavy (non-hydrogen) atoms. The van der Waals surface area contributed by atoms with E-state index in [1.54, 1.807) is 0 Å². The van der Waals surface area contributed by atoms with Crippen LogP contribution < -0.4 is 10.2 Å². The second kappa shape index (κ2) is 10.5. The minimum absolute atomic E-state index is 0.0585. The predicted octanol–water partition coefficient (Wildman–Crippen LogP) is 4.75. The molecule has 0 fully saturated rings. The van der Waals surface area contributed by atoms with Crippen LogP contribution in [0.4, 0.5) is 10.5 Å². The van der Waals surface area contributed by atoms with Crippen LogP contribution >= 0.6 is 0 Å².